The monoisotopic (exact) mass is 302 g/mol. The number of aromatic nitrogens is 2. The molecule has 0 spiro atoms. The number of carbonyl (C=O) groups excluding carboxylic acids is 1. The third-order valence-corrected chi connectivity index (χ3v) is 5.98. The number of likely N-dealkylation sites (tertiary alicyclic amines) is 1. The van der Waals surface area contributed by atoms with Gasteiger partial charge in [-0.15, -0.1) is 16.4 Å². The minimum absolute atomic E-state index is 0.0879. The summed E-state index contributed by atoms with van der Waals surface area (Å²) in [5.74, 6) is 0.781. The van der Waals surface area contributed by atoms with E-state index in [1.165, 1.54) is 30.6 Å². The van der Waals surface area contributed by atoms with Gasteiger partial charge in [-0.3, -0.25) is 4.79 Å². The van der Waals surface area contributed by atoms with E-state index in [0.717, 1.165) is 29.6 Å². The molecule has 2 aliphatic rings. The molecule has 1 saturated heterocycles. The maximum Gasteiger partial charge on any atom is 0.266 e. The van der Waals surface area contributed by atoms with Crippen molar-refractivity contribution in [1.29, 1.82) is 0 Å². The van der Waals surface area contributed by atoms with Crippen molar-refractivity contribution in [3.05, 3.63) is 17.1 Å². The van der Waals surface area contributed by atoms with Crippen LogP contribution in [0.2, 0.25) is 0 Å². The van der Waals surface area contributed by atoms with Crippen LogP contribution in [0.5, 0.6) is 0 Å². The first-order valence-electron chi connectivity index (χ1n) is 7.56. The number of hydrogen-bond acceptors (Lipinski definition) is 5. The lowest BCUT2D eigenvalue weighted by molar-refractivity contribution is 0.0696. The second-order valence-corrected chi connectivity index (χ2v) is 6.99. The summed E-state index contributed by atoms with van der Waals surface area (Å²) < 4.78 is 0. The predicted octanol–water partition coefficient (Wildman–Crippen LogP) is 2.68. The van der Waals surface area contributed by atoms with Crippen molar-refractivity contribution in [2.24, 2.45) is 5.92 Å². The number of nitrogen functional groups attached to an aromatic ring is 1. The zero-order valence-electron chi connectivity index (χ0n) is 11.8. The highest BCUT2D eigenvalue weighted by Crippen LogP contribution is 2.39. The highest BCUT2D eigenvalue weighted by Gasteiger charge is 2.39. The molecule has 0 aromatic carbocycles. The molecular formula is C15H18N4OS. The van der Waals surface area contributed by atoms with Crippen LogP contribution in [-0.2, 0) is 0 Å². The molecule has 0 radical (unpaired) electrons. The number of rotatable bonds is 1. The van der Waals surface area contributed by atoms with Gasteiger partial charge >= 0.3 is 0 Å². The Morgan fingerprint density at radius 2 is 2.19 bits per heavy atom. The highest BCUT2D eigenvalue weighted by molar-refractivity contribution is 7.21. The first-order valence-corrected chi connectivity index (χ1v) is 8.38. The van der Waals surface area contributed by atoms with Gasteiger partial charge in [0.1, 0.15) is 9.71 Å². The highest BCUT2D eigenvalue weighted by atomic mass is 32.1. The molecule has 2 fully saturated rings. The Balaban J connectivity index is 1.68. The van der Waals surface area contributed by atoms with Crippen LogP contribution in [0.1, 0.15) is 41.8 Å². The largest absolute Gasteiger partial charge is 0.397 e. The van der Waals surface area contributed by atoms with E-state index in [-0.39, 0.29) is 5.91 Å². The molecule has 6 heteroatoms. The summed E-state index contributed by atoms with van der Waals surface area (Å²) in [5.41, 5.74) is 6.73. The molecule has 1 aliphatic carbocycles. The van der Waals surface area contributed by atoms with Crippen LogP contribution in [0.4, 0.5) is 5.69 Å². The molecule has 110 valence electrons. The summed E-state index contributed by atoms with van der Waals surface area (Å²) in [7, 11) is 0. The van der Waals surface area contributed by atoms with Crippen molar-refractivity contribution in [2.45, 2.75) is 38.1 Å². The SMILES string of the molecule is Nc1c(C(=O)N2CCC3CCCCC32)sc2nnccc12. The van der Waals surface area contributed by atoms with Gasteiger partial charge in [-0.05, 0) is 31.2 Å². The molecule has 1 aliphatic heterocycles. The zero-order chi connectivity index (χ0) is 14.4. The van der Waals surface area contributed by atoms with E-state index in [9.17, 15) is 4.79 Å². The van der Waals surface area contributed by atoms with E-state index >= 15 is 0 Å². The van der Waals surface area contributed by atoms with Crippen molar-refractivity contribution in [2.75, 3.05) is 12.3 Å². The van der Waals surface area contributed by atoms with Gasteiger partial charge in [-0.25, -0.2) is 0 Å². The normalized spacial score (nSPS) is 25.2. The summed E-state index contributed by atoms with van der Waals surface area (Å²) >= 11 is 1.37. The molecule has 2 aromatic heterocycles. The third-order valence-electron chi connectivity index (χ3n) is 4.89. The van der Waals surface area contributed by atoms with Crippen molar-refractivity contribution < 1.29 is 4.79 Å². The molecule has 3 heterocycles. The van der Waals surface area contributed by atoms with Crippen molar-refractivity contribution >= 4 is 33.1 Å². The second kappa shape index (κ2) is 4.94. The number of amides is 1. The molecule has 21 heavy (non-hydrogen) atoms. The van der Waals surface area contributed by atoms with Crippen molar-refractivity contribution in [3.8, 4) is 0 Å². The van der Waals surface area contributed by atoms with Crippen LogP contribution >= 0.6 is 11.3 Å². The Labute approximate surface area is 127 Å². The maximum atomic E-state index is 12.9. The average molecular weight is 302 g/mol. The van der Waals surface area contributed by atoms with Gasteiger partial charge in [0.25, 0.3) is 5.91 Å². The summed E-state index contributed by atoms with van der Waals surface area (Å²) in [4.78, 5) is 16.3. The number of nitrogens with two attached hydrogens (primary N) is 1. The summed E-state index contributed by atoms with van der Waals surface area (Å²) in [6.07, 6.45) is 7.71. The number of carbonyl (C=O) groups is 1. The van der Waals surface area contributed by atoms with Gasteiger partial charge < -0.3 is 10.6 Å². The number of anilines is 1. The first-order chi connectivity index (χ1) is 10.3. The van der Waals surface area contributed by atoms with E-state index in [1.807, 2.05) is 6.07 Å². The van der Waals surface area contributed by atoms with E-state index < -0.39 is 0 Å². The first kappa shape index (κ1) is 13.0. The number of thiophene rings is 1. The summed E-state index contributed by atoms with van der Waals surface area (Å²) in [6, 6.07) is 2.25. The van der Waals surface area contributed by atoms with Gasteiger partial charge in [0.15, 0.2) is 0 Å². The molecule has 0 bridgehead atoms. The van der Waals surface area contributed by atoms with Crippen LogP contribution in [0, 0.1) is 5.92 Å². The van der Waals surface area contributed by atoms with E-state index in [1.54, 1.807) is 6.20 Å². The lowest BCUT2D eigenvalue weighted by atomic mass is 9.85. The number of fused-ring (bicyclic) bond motifs is 2. The van der Waals surface area contributed by atoms with Crippen LogP contribution in [0.25, 0.3) is 10.2 Å². The minimum atomic E-state index is 0.0879. The van der Waals surface area contributed by atoms with Crippen LogP contribution < -0.4 is 5.73 Å². The smallest absolute Gasteiger partial charge is 0.266 e. The van der Waals surface area contributed by atoms with E-state index in [0.29, 0.717) is 22.5 Å². The number of hydrogen-bond donors (Lipinski definition) is 1. The Kier molecular flexibility index (Phi) is 3.06. The fourth-order valence-corrected chi connectivity index (χ4v) is 4.81. The van der Waals surface area contributed by atoms with Gasteiger partial charge in [-0.2, -0.15) is 5.10 Å². The standard InChI is InChI=1S/C15H18N4OS/c16-12-10-5-7-17-18-14(10)21-13(12)15(20)19-8-6-9-3-1-2-4-11(9)19/h5,7,9,11H,1-4,6,8,16H2. The molecule has 2 atom stereocenters. The molecule has 2 N–H and O–H groups in total. The van der Waals surface area contributed by atoms with Gasteiger partial charge in [-0.1, -0.05) is 12.8 Å². The lowest BCUT2D eigenvalue weighted by Crippen LogP contribution is -2.39. The topological polar surface area (TPSA) is 72.1 Å². The van der Waals surface area contributed by atoms with Gasteiger partial charge in [0.05, 0.1) is 11.9 Å². The lowest BCUT2D eigenvalue weighted by Gasteiger charge is -2.31. The third kappa shape index (κ3) is 2.00. The van der Waals surface area contributed by atoms with Crippen LogP contribution in [-0.4, -0.2) is 33.6 Å². The fourth-order valence-electron chi connectivity index (χ4n) is 3.82. The quantitative estimate of drug-likeness (QED) is 0.879. The molecule has 1 saturated carbocycles. The predicted molar refractivity (Wildman–Crippen MR) is 83.2 cm³/mol. The average Bonchev–Trinajstić information content (AvgIpc) is 3.09. The molecule has 1 amide bonds. The molecule has 2 aromatic rings. The van der Waals surface area contributed by atoms with Gasteiger partial charge in [0.2, 0.25) is 0 Å². The van der Waals surface area contributed by atoms with Crippen LogP contribution in [0.3, 0.4) is 0 Å². The Morgan fingerprint density at radius 3 is 3.05 bits per heavy atom. The molecule has 5 nitrogen and oxygen atoms in total. The molecule has 4 rings (SSSR count). The number of nitrogens with zero attached hydrogens (tertiary/aromatic N) is 3. The minimum Gasteiger partial charge on any atom is -0.397 e. The van der Waals surface area contributed by atoms with Crippen LogP contribution in [0.15, 0.2) is 12.3 Å². The van der Waals surface area contributed by atoms with Gasteiger partial charge in [0, 0.05) is 18.0 Å². The Morgan fingerprint density at radius 1 is 1.33 bits per heavy atom. The fraction of sp³-hybridized carbons (Fsp3) is 0.533. The zero-order valence-corrected chi connectivity index (χ0v) is 12.6. The molecule has 2 unspecified atom stereocenters. The second-order valence-electron chi connectivity index (χ2n) is 5.99. The Bertz CT molecular complexity index is 698. The Hall–Kier alpha value is -1.69. The molecular weight excluding hydrogens is 284 g/mol. The maximum absolute atomic E-state index is 12.9. The van der Waals surface area contributed by atoms with E-state index in [2.05, 4.69) is 15.1 Å². The summed E-state index contributed by atoms with van der Waals surface area (Å²) in [6.45, 7) is 0.869. The van der Waals surface area contributed by atoms with E-state index in [4.69, 9.17) is 5.73 Å². The summed E-state index contributed by atoms with van der Waals surface area (Å²) in [5, 5.41) is 8.79. The van der Waals surface area contributed by atoms with Crippen molar-refractivity contribution in [3.63, 3.8) is 0 Å². The van der Waals surface area contributed by atoms with Crippen molar-refractivity contribution in [1.82, 2.24) is 15.1 Å².